The topological polar surface area (TPSA) is 52.0 Å². The SMILES string of the molecule is Nc1cc(Cl)c(Cc2cc(Cl)c(N)c(Cl)c2)c(Cl)c1. The van der Waals surface area contributed by atoms with E-state index in [9.17, 15) is 0 Å². The summed E-state index contributed by atoms with van der Waals surface area (Å²) in [5.41, 5.74) is 13.9. The molecule has 0 aliphatic rings. The molecule has 0 bridgehead atoms. The van der Waals surface area contributed by atoms with Crippen molar-refractivity contribution in [3.05, 3.63) is 55.5 Å². The van der Waals surface area contributed by atoms with E-state index in [1.807, 2.05) is 0 Å². The predicted molar refractivity (Wildman–Crippen MR) is 84.6 cm³/mol. The zero-order valence-corrected chi connectivity index (χ0v) is 12.7. The summed E-state index contributed by atoms with van der Waals surface area (Å²) < 4.78 is 0. The minimum atomic E-state index is 0.363. The van der Waals surface area contributed by atoms with Crippen LogP contribution in [-0.4, -0.2) is 0 Å². The van der Waals surface area contributed by atoms with E-state index in [2.05, 4.69) is 0 Å². The molecule has 0 saturated heterocycles. The Labute approximate surface area is 131 Å². The summed E-state index contributed by atoms with van der Waals surface area (Å²) in [6.07, 6.45) is 0.498. The van der Waals surface area contributed by atoms with E-state index < -0.39 is 0 Å². The molecule has 0 amide bonds. The minimum absolute atomic E-state index is 0.363. The summed E-state index contributed by atoms with van der Waals surface area (Å²) >= 11 is 24.3. The number of rotatable bonds is 2. The minimum Gasteiger partial charge on any atom is -0.399 e. The Morgan fingerprint density at radius 1 is 0.737 bits per heavy atom. The summed E-state index contributed by atoms with van der Waals surface area (Å²) in [6, 6.07) is 6.80. The lowest BCUT2D eigenvalue weighted by Gasteiger charge is -2.10. The Morgan fingerprint density at radius 3 is 1.68 bits per heavy atom. The molecular formula is C13H10Cl4N2. The molecule has 2 aromatic carbocycles. The van der Waals surface area contributed by atoms with Crippen LogP contribution in [0.1, 0.15) is 11.1 Å². The van der Waals surface area contributed by atoms with Crippen LogP contribution in [0.5, 0.6) is 0 Å². The third kappa shape index (κ3) is 3.21. The average molecular weight is 336 g/mol. The van der Waals surface area contributed by atoms with Crippen LogP contribution in [0.25, 0.3) is 0 Å². The van der Waals surface area contributed by atoms with Gasteiger partial charge in [-0.3, -0.25) is 0 Å². The largest absolute Gasteiger partial charge is 0.399 e. The molecule has 0 spiro atoms. The van der Waals surface area contributed by atoms with Gasteiger partial charge in [0.15, 0.2) is 0 Å². The van der Waals surface area contributed by atoms with E-state index in [-0.39, 0.29) is 0 Å². The van der Waals surface area contributed by atoms with Crippen LogP contribution in [-0.2, 0) is 6.42 Å². The zero-order valence-electron chi connectivity index (χ0n) is 9.68. The molecule has 0 saturated carbocycles. The quantitative estimate of drug-likeness (QED) is 0.754. The first-order valence-corrected chi connectivity index (χ1v) is 6.86. The second kappa shape index (κ2) is 5.68. The van der Waals surface area contributed by atoms with E-state index in [0.717, 1.165) is 11.1 Å². The van der Waals surface area contributed by atoms with Crippen molar-refractivity contribution in [3.8, 4) is 0 Å². The maximum atomic E-state index is 6.14. The van der Waals surface area contributed by atoms with Gasteiger partial charge in [0.2, 0.25) is 0 Å². The first-order valence-electron chi connectivity index (χ1n) is 5.35. The van der Waals surface area contributed by atoms with Gasteiger partial charge in [-0.2, -0.15) is 0 Å². The highest BCUT2D eigenvalue weighted by molar-refractivity contribution is 6.39. The normalized spacial score (nSPS) is 10.7. The predicted octanol–water partition coefficient (Wildman–Crippen LogP) is 5.06. The van der Waals surface area contributed by atoms with E-state index in [0.29, 0.717) is 37.9 Å². The van der Waals surface area contributed by atoms with Gasteiger partial charge in [0.1, 0.15) is 0 Å². The maximum Gasteiger partial charge on any atom is 0.0693 e. The van der Waals surface area contributed by atoms with Gasteiger partial charge >= 0.3 is 0 Å². The number of anilines is 2. The Morgan fingerprint density at radius 2 is 1.21 bits per heavy atom. The number of benzene rings is 2. The Hall–Kier alpha value is -0.800. The summed E-state index contributed by atoms with van der Waals surface area (Å²) in [7, 11) is 0. The molecule has 19 heavy (non-hydrogen) atoms. The number of hydrogen-bond donors (Lipinski definition) is 2. The third-order valence-electron chi connectivity index (χ3n) is 2.68. The fourth-order valence-corrected chi connectivity index (χ4v) is 2.90. The average Bonchev–Trinajstić information content (AvgIpc) is 2.30. The van der Waals surface area contributed by atoms with Gasteiger partial charge in [-0.25, -0.2) is 0 Å². The number of nitrogens with two attached hydrogens (primary N) is 2. The van der Waals surface area contributed by atoms with Crippen molar-refractivity contribution in [2.45, 2.75) is 6.42 Å². The molecule has 2 aromatic rings. The summed E-state index contributed by atoms with van der Waals surface area (Å²) in [4.78, 5) is 0. The lowest BCUT2D eigenvalue weighted by atomic mass is 10.0. The number of halogens is 4. The van der Waals surface area contributed by atoms with Gasteiger partial charge in [-0.05, 0) is 35.4 Å². The summed E-state index contributed by atoms with van der Waals surface area (Å²) in [5.74, 6) is 0. The highest BCUT2D eigenvalue weighted by Gasteiger charge is 2.11. The molecular weight excluding hydrogens is 326 g/mol. The van der Waals surface area contributed by atoms with E-state index in [1.54, 1.807) is 24.3 Å². The molecule has 0 heterocycles. The van der Waals surface area contributed by atoms with Crippen LogP contribution >= 0.6 is 46.4 Å². The molecule has 0 fully saturated rings. The Balaban J connectivity index is 2.42. The molecule has 4 N–H and O–H groups in total. The second-order valence-corrected chi connectivity index (χ2v) is 5.74. The summed E-state index contributed by atoms with van der Waals surface area (Å²) in [6.45, 7) is 0. The fourth-order valence-electron chi connectivity index (χ4n) is 1.73. The van der Waals surface area contributed by atoms with E-state index in [1.165, 1.54) is 0 Å². The van der Waals surface area contributed by atoms with Gasteiger partial charge in [0.25, 0.3) is 0 Å². The van der Waals surface area contributed by atoms with Gasteiger partial charge in [-0.1, -0.05) is 46.4 Å². The number of hydrogen-bond acceptors (Lipinski definition) is 2. The van der Waals surface area contributed by atoms with Crippen molar-refractivity contribution in [1.82, 2.24) is 0 Å². The third-order valence-corrected chi connectivity index (χ3v) is 3.98. The second-order valence-electron chi connectivity index (χ2n) is 4.11. The molecule has 6 heteroatoms. The standard InChI is InChI=1S/C13H10Cl4N2/c14-9-4-7(18)5-10(15)8(9)1-6-2-11(16)13(19)12(17)3-6/h2-5H,1,18-19H2. The Kier molecular flexibility index (Phi) is 4.36. The molecule has 2 nitrogen and oxygen atoms in total. The first-order chi connectivity index (χ1) is 8.88. The zero-order chi connectivity index (χ0) is 14.2. The molecule has 0 aromatic heterocycles. The maximum absolute atomic E-state index is 6.14. The van der Waals surface area contributed by atoms with Crippen LogP contribution in [0.4, 0.5) is 11.4 Å². The van der Waals surface area contributed by atoms with Crippen molar-refractivity contribution in [1.29, 1.82) is 0 Å². The van der Waals surface area contributed by atoms with Crippen molar-refractivity contribution >= 4 is 57.8 Å². The van der Waals surface area contributed by atoms with Gasteiger partial charge < -0.3 is 11.5 Å². The van der Waals surface area contributed by atoms with Crippen molar-refractivity contribution in [2.75, 3.05) is 11.5 Å². The smallest absolute Gasteiger partial charge is 0.0693 e. The van der Waals surface area contributed by atoms with Crippen LogP contribution in [0.15, 0.2) is 24.3 Å². The van der Waals surface area contributed by atoms with Crippen LogP contribution in [0, 0.1) is 0 Å². The van der Waals surface area contributed by atoms with Gasteiger partial charge in [0, 0.05) is 22.2 Å². The highest BCUT2D eigenvalue weighted by Crippen LogP contribution is 2.33. The molecule has 2 rings (SSSR count). The van der Waals surface area contributed by atoms with Crippen LogP contribution in [0.2, 0.25) is 20.1 Å². The fraction of sp³-hybridized carbons (Fsp3) is 0.0769. The van der Waals surface area contributed by atoms with E-state index >= 15 is 0 Å². The lowest BCUT2D eigenvalue weighted by molar-refractivity contribution is 1.19. The number of nitrogen functional groups attached to an aromatic ring is 2. The van der Waals surface area contributed by atoms with Crippen LogP contribution < -0.4 is 11.5 Å². The molecule has 0 atom stereocenters. The summed E-state index contributed by atoms with van der Waals surface area (Å²) in [5, 5.41) is 1.83. The van der Waals surface area contributed by atoms with Gasteiger partial charge in [-0.15, -0.1) is 0 Å². The van der Waals surface area contributed by atoms with Crippen molar-refractivity contribution in [3.63, 3.8) is 0 Å². The molecule has 0 aliphatic heterocycles. The highest BCUT2D eigenvalue weighted by atomic mass is 35.5. The molecule has 0 aliphatic carbocycles. The lowest BCUT2D eigenvalue weighted by Crippen LogP contribution is -1.96. The van der Waals surface area contributed by atoms with Crippen LogP contribution in [0.3, 0.4) is 0 Å². The molecule has 0 radical (unpaired) electrons. The molecule has 100 valence electrons. The van der Waals surface area contributed by atoms with Crippen molar-refractivity contribution < 1.29 is 0 Å². The molecule has 0 unspecified atom stereocenters. The van der Waals surface area contributed by atoms with Crippen molar-refractivity contribution in [2.24, 2.45) is 0 Å². The monoisotopic (exact) mass is 334 g/mol. The Bertz CT molecular complexity index is 595. The van der Waals surface area contributed by atoms with E-state index in [4.69, 9.17) is 57.9 Å². The first kappa shape index (κ1) is 14.6. The van der Waals surface area contributed by atoms with Gasteiger partial charge in [0.05, 0.1) is 15.7 Å².